The SMILES string of the molecule is Cc1ncccc1C(=O)Nc1ccccc1OCC(N)=S. The molecule has 6 heteroatoms. The molecule has 0 atom stereocenters. The lowest BCUT2D eigenvalue weighted by molar-refractivity contribution is 0.102. The molecule has 0 aliphatic heterocycles. The topological polar surface area (TPSA) is 77.2 Å². The number of hydrogen-bond acceptors (Lipinski definition) is 4. The molecule has 1 aromatic carbocycles. The molecular formula is C15H15N3O2S. The Labute approximate surface area is 128 Å². The zero-order valence-corrected chi connectivity index (χ0v) is 12.3. The number of nitrogens with two attached hydrogens (primary N) is 1. The van der Waals surface area contributed by atoms with Crippen LogP contribution in [0.3, 0.4) is 0 Å². The van der Waals surface area contributed by atoms with Crippen molar-refractivity contribution >= 4 is 28.8 Å². The van der Waals surface area contributed by atoms with Crippen molar-refractivity contribution in [3.8, 4) is 5.75 Å². The number of nitrogens with one attached hydrogen (secondary N) is 1. The molecule has 5 nitrogen and oxygen atoms in total. The van der Waals surface area contributed by atoms with Crippen LogP contribution < -0.4 is 15.8 Å². The first-order valence-electron chi connectivity index (χ1n) is 6.31. The van der Waals surface area contributed by atoms with Gasteiger partial charge in [0.25, 0.3) is 5.91 Å². The summed E-state index contributed by atoms with van der Waals surface area (Å²) in [5.41, 5.74) is 7.15. The van der Waals surface area contributed by atoms with Crippen LogP contribution >= 0.6 is 12.2 Å². The molecular weight excluding hydrogens is 286 g/mol. The zero-order valence-electron chi connectivity index (χ0n) is 11.5. The smallest absolute Gasteiger partial charge is 0.257 e. The maximum atomic E-state index is 12.3. The summed E-state index contributed by atoms with van der Waals surface area (Å²) in [4.78, 5) is 16.6. The van der Waals surface area contributed by atoms with Crippen molar-refractivity contribution in [1.82, 2.24) is 4.98 Å². The third-order valence-electron chi connectivity index (χ3n) is 2.76. The Morgan fingerprint density at radius 2 is 2.10 bits per heavy atom. The van der Waals surface area contributed by atoms with Crippen molar-refractivity contribution in [1.29, 1.82) is 0 Å². The van der Waals surface area contributed by atoms with Gasteiger partial charge in [-0.3, -0.25) is 9.78 Å². The summed E-state index contributed by atoms with van der Waals surface area (Å²) in [6.45, 7) is 1.90. The normalized spacial score (nSPS) is 9.95. The highest BCUT2D eigenvalue weighted by molar-refractivity contribution is 7.80. The second kappa shape index (κ2) is 6.81. The van der Waals surface area contributed by atoms with Gasteiger partial charge in [-0.1, -0.05) is 24.4 Å². The van der Waals surface area contributed by atoms with Gasteiger partial charge >= 0.3 is 0 Å². The van der Waals surface area contributed by atoms with E-state index in [0.29, 0.717) is 22.7 Å². The number of amides is 1. The van der Waals surface area contributed by atoms with Crippen LogP contribution in [0.1, 0.15) is 16.1 Å². The lowest BCUT2D eigenvalue weighted by Crippen LogP contribution is -2.19. The molecule has 1 amide bonds. The third-order valence-corrected chi connectivity index (χ3v) is 2.87. The standard InChI is InChI=1S/C15H15N3O2S/c1-10-11(5-4-8-17-10)15(19)18-12-6-2-3-7-13(12)20-9-14(16)21/h2-8H,9H2,1H3,(H2,16,21)(H,18,19). The van der Waals surface area contributed by atoms with Gasteiger partial charge in [-0.05, 0) is 31.2 Å². The summed E-state index contributed by atoms with van der Waals surface area (Å²) >= 11 is 4.78. The fourth-order valence-corrected chi connectivity index (χ4v) is 1.82. The van der Waals surface area contributed by atoms with Gasteiger partial charge in [0.05, 0.1) is 11.3 Å². The number of thiocarbonyl (C=S) groups is 1. The third kappa shape index (κ3) is 4.00. The van der Waals surface area contributed by atoms with Crippen molar-refractivity contribution in [2.45, 2.75) is 6.92 Å². The van der Waals surface area contributed by atoms with E-state index >= 15 is 0 Å². The van der Waals surface area contributed by atoms with Crippen LogP contribution in [-0.4, -0.2) is 22.5 Å². The molecule has 0 spiro atoms. The van der Waals surface area contributed by atoms with Gasteiger partial charge in [-0.25, -0.2) is 0 Å². The number of carbonyl (C=O) groups excluding carboxylic acids is 1. The molecule has 21 heavy (non-hydrogen) atoms. The second-order valence-electron chi connectivity index (χ2n) is 4.34. The summed E-state index contributed by atoms with van der Waals surface area (Å²) in [5.74, 6) is 0.271. The second-order valence-corrected chi connectivity index (χ2v) is 4.87. The lowest BCUT2D eigenvalue weighted by Gasteiger charge is -2.12. The van der Waals surface area contributed by atoms with Gasteiger partial charge in [0, 0.05) is 11.9 Å². The van der Waals surface area contributed by atoms with Gasteiger partial charge in [0.1, 0.15) is 17.3 Å². The average molecular weight is 301 g/mol. The number of rotatable bonds is 5. The summed E-state index contributed by atoms with van der Waals surface area (Å²) in [6, 6.07) is 10.5. The van der Waals surface area contributed by atoms with Crippen LogP contribution in [0.15, 0.2) is 42.6 Å². The van der Waals surface area contributed by atoms with Crippen LogP contribution in [0, 0.1) is 6.92 Å². The van der Waals surface area contributed by atoms with Crippen molar-refractivity contribution < 1.29 is 9.53 Å². The fraction of sp³-hybridized carbons (Fsp3) is 0.133. The Balaban J connectivity index is 2.18. The van der Waals surface area contributed by atoms with E-state index in [-0.39, 0.29) is 17.5 Å². The summed E-state index contributed by atoms with van der Waals surface area (Å²) in [6.07, 6.45) is 1.64. The number of nitrogens with zero attached hydrogens (tertiary/aromatic N) is 1. The Morgan fingerprint density at radius 1 is 1.33 bits per heavy atom. The maximum absolute atomic E-state index is 12.3. The first kappa shape index (κ1) is 14.9. The molecule has 0 aliphatic carbocycles. The van der Waals surface area contributed by atoms with Crippen LogP contribution in [0.25, 0.3) is 0 Å². The van der Waals surface area contributed by atoms with Gasteiger partial charge in [0.2, 0.25) is 0 Å². The zero-order chi connectivity index (χ0) is 15.2. The number of pyridine rings is 1. The van der Waals surface area contributed by atoms with Crippen molar-refractivity contribution in [3.63, 3.8) is 0 Å². The van der Waals surface area contributed by atoms with Gasteiger partial charge in [-0.2, -0.15) is 0 Å². The van der Waals surface area contributed by atoms with E-state index in [1.165, 1.54) is 0 Å². The molecule has 1 aromatic heterocycles. The number of benzene rings is 1. The quantitative estimate of drug-likeness (QED) is 0.829. The molecule has 1 heterocycles. The van der Waals surface area contributed by atoms with E-state index in [0.717, 1.165) is 0 Å². The van der Waals surface area contributed by atoms with Crippen molar-refractivity contribution in [2.24, 2.45) is 5.73 Å². The van der Waals surface area contributed by atoms with E-state index in [1.807, 2.05) is 0 Å². The van der Waals surface area contributed by atoms with Gasteiger partial charge < -0.3 is 15.8 Å². The van der Waals surface area contributed by atoms with E-state index in [1.54, 1.807) is 49.5 Å². The molecule has 0 unspecified atom stereocenters. The van der Waals surface area contributed by atoms with Crippen LogP contribution in [0.4, 0.5) is 5.69 Å². The first-order chi connectivity index (χ1) is 10.1. The maximum Gasteiger partial charge on any atom is 0.257 e. The Hall–Kier alpha value is -2.47. The predicted octanol–water partition coefficient (Wildman–Crippen LogP) is 2.31. The number of carbonyl (C=O) groups is 1. The van der Waals surface area contributed by atoms with E-state index < -0.39 is 0 Å². The Morgan fingerprint density at radius 3 is 2.81 bits per heavy atom. The molecule has 0 fully saturated rings. The number of hydrogen-bond donors (Lipinski definition) is 2. The van der Waals surface area contributed by atoms with Crippen LogP contribution in [-0.2, 0) is 0 Å². The largest absolute Gasteiger partial charge is 0.484 e. The minimum absolute atomic E-state index is 0.119. The molecule has 2 rings (SSSR count). The number of anilines is 1. The van der Waals surface area contributed by atoms with Gasteiger partial charge in [0.15, 0.2) is 0 Å². The van der Waals surface area contributed by atoms with Crippen LogP contribution in [0.5, 0.6) is 5.75 Å². The molecule has 108 valence electrons. The number of ether oxygens (including phenoxy) is 1. The van der Waals surface area contributed by atoms with Crippen LogP contribution in [0.2, 0.25) is 0 Å². The minimum Gasteiger partial charge on any atom is -0.484 e. The fourth-order valence-electron chi connectivity index (χ4n) is 1.76. The lowest BCUT2D eigenvalue weighted by atomic mass is 10.2. The summed E-state index contributed by atoms with van der Waals surface area (Å²) in [7, 11) is 0. The van der Waals surface area contributed by atoms with Crippen molar-refractivity contribution in [2.75, 3.05) is 11.9 Å². The minimum atomic E-state index is -0.244. The molecule has 0 bridgehead atoms. The monoisotopic (exact) mass is 301 g/mol. The highest BCUT2D eigenvalue weighted by atomic mass is 32.1. The predicted molar refractivity (Wildman–Crippen MR) is 85.6 cm³/mol. The number of aromatic nitrogens is 1. The van der Waals surface area contributed by atoms with E-state index in [4.69, 9.17) is 22.7 Å². The Kier molecular flexibility index (Phi) is 4.84. The number of aryl methyl sites for hydroxylation is 1. The van der Waals surface area contributed by atoms with Crippen molar-refractivity contribution in [3.05, 3.63) is 53.9 Å². The number of para-hydroxylation sites is 2. The van der Waals surface area contributed by atoms with E-state index in [9.17, 15) is 4.79 Å². The molecule has 0 radical (unpaired) electrons. The first-order valence-corrected chi connectivity index (χ1v) is 6.72. The molecule has 2 aromatic rings. The molecule has 0 saturated carbocycles. The Bertz CT molecular complexity index is 673. The van der Waals surface area contributed by atoms with E-state index in [2.05, 4.69) is 10.3 Å². The summed E-state index contributed by atoms with van der Waals surface area (Å²) < 4.78 is 5.47. The average Bonchev–Trinajstić information content (AvgIpc) is 2.46. The molecule has 0 saturated heterocycles. The van der Waals surface area contributed by atoms with Gasteiger partial charge in [-0.15, -0.1) is 0 Å². The highest BCUT2D eigenvalue weighted by Gasteiger charge is 2.12. The summed E-state index contributed by atoms with van der Waals surface area (Å²) in [5, 5.41) is 2.80. The molecule has 3 N–H and O–H groups in total. The highest BCUT2D eigenvalue weighted by Crippen LogP contribution is 2.24. The molecule has 0 aliphatic rings.